The molecule has 7 heteroatoms. The molecule has 4 rings (SSSR count). The van der Waals surface area contributed by atoms with Gasteiger partial charge in [-0.25, -0.2) is 9.69 Å². The molecule has 7 nitrogen and oxygen atoms in total. The molecule has 1 saturated heterocycles. The molecule has 2 bridgehead atoms. The fourth-order valence-corrected chi connectivity index (χ4v) is 5.16. The molecule has 0 spiro atoms. The Balaban J connectivity index is 1.44. The molecule has 28 heavy (non-hydrogen) atoms. The van der Waals surface area contributed by atoms with Gasteiger partial charge in [-0.2, -0.15) is 0 Å². The van der Waals surface area contributed by atoms with Crippen LogP contribution in [0.4, 0.5) is 10.5 Å². The number of aryl methyl sites for hydroxylation is 1. The maximum atomic E-state index is 12.8. The van der Waals surface area contributed by atoms with Gasteiger partial charge in [-0.3, -0.25) is 19.3 Å². The number of urea groups is 1. The van der Waals surface area contributed by atoms with Crippen LogP contribution in [0, 0.1) is 24.7 Å². The van der Waals surface area contributed by atoms with E-state index in [9.17, 15) is 19.2 Å². The quantitative estimate of drug-likeness (QED) is 0.625. The van der Waals surface area contributed by atoms with Crippen molar-refractivity contribution in [2.75, 3.05) is 11.9 Å². The van der Waals surface area contributed by atoms with Crippen LogP contribution in [0.2, 0.25) is 0 Å². The molecule has 1 aromatic rings. The number of rotatable bonds is 5. The van der Waals surface area contributed by atoms with Gasteiger partial charge in [0.05, 0.1) is 0 Å². The zero-order chi connectivity index (χ0) is 20.0. The van der Waals surface area contributed by atoms with E-state index in [2.05, 4.69) is 5.32 Å². The van der Waals surface area contributed by atoms with Gasteiger partial charge >= 0.3 is 17.8 Å². The molecule has 148 valence electrons. The number of amides is 5. The monoisotopic (exact) mass is 383 g/mol. The maximum Gasteiger partial charge on any atom is 0.334 e. The summed E-state index contributed by atoms with van der Waals surface area (Å²) in [6, 6.07) is 6.23. The zero-order valence-corrected chi connectivity index (χ0v) is 16.2. The van der Waals surface area contributed by atoms with Crippen LogP contribution in [-0.2, 0) is 14.4 Å². The fourth-order valence-electron chi connectivity index (χ4n) is 5.16. The van der Waals surface area contributed by atoms with Crippen LogP contribution in [0.1, 0.15) is 38.2 Å². The Morgan fingerprint density at radius 2 is 1.96 bits per heavy atom. The molecule has 4 unspecified atom stereocenters. The summed E-state index contributed by atoms with van der Waals surface area (Å²) in [6.45, 7) is 3.29. The Labute approximate surface area is 164 Å². The van der Waals surface area contributed by atoms with Crippen LogP contribution in [0.25, 0.3) is 0 Å². The van der Waals surface area contributed by atoms with E-state index < -0.39 is 30.3 Å². The van der Waals surface area contributed by atoms with Gasteiger partial charge in [0.15, 0.2) is 0 Å². The summed E-state index contributed by atoms with van der Waals surface area (Å²) in [6.07, 6.45) is 4.51. The first-order valence-electron chi connectivity index (χ1n) is 9.90. The topological polar surface area (TPSA) is 86.8 Å². The molecule has 1 aromatic carbocycles. The third kappa shape index (κ3) is 3.19. The first-order valence-corrected chi connectivity index (χ1v) is 9.90. The van der Waals surface area contributed by atoms with Crippen molar-refractivity contribution >= 4 is 29.4 Å². The van der Waals surface area contributed by atoms with Crippen LogP contribution in [0.5, 0.6) is 0 Å². The summed E-state index contributed by atoms with van der Waals surface area (Å²) < 4.78 is 0. The predicted octanol–water partition coefficient (Wildman–Crippen LogP) is 2.55. The number of benzene rings is 1. The van der Waals surface area contributed by atoms with Crippen LogP contribution in [0.3, 0.4) is 0 Å². The SMILES string of the molecule is Cc1cccc(NC(=O)CN2C(=O)C(=O)N(C(C)C3CC4CCC3C4)C2=O)c1. The molecule has 0 radical (unpaired) electrons. The van der Waals surface area contributed by atoms with E-state index in [0.29, 0.717) is 17.5 Å². The number of hydrogen-bond donors (Lipinski definition) is 1. The van der Waals surface area contributed by atoms with E-state index in [1.165, 1.54) is 6.42 Å². The second-order valence-electron chi connectivity index (χ2n) is 8.35. The number of fused-ring (bicyclic) bond motifs is 2. The van der Waals surface area contributed by atoms with Gasteiger partial charge in [0, 0.05) is 11.7 Å². The van der Waals surface area contributed by atoms with Crippen molar-refractivity contribution < 1.29 is 19.2 Å². The van der Waals surface area contributed by atoms with E-state index in [4.69, 9.17) is 0 Å². The van der Waals surface area contributed by atoms with E-state index in [0.717, 1.165) is 34.6 Å². The Morgan fingerprint density at radius 1 is 1.18 bits per heavy atom. The van der Waals surface area contributed by atoms with Gasteiger partial charge in [0.25, 0.3) is 0 Å². The lowest BCUT2D eigenvalue weighted by Crippen LogP contribution is -2.45. The summed E-state index contributed by atoms with van der Waals surface area (Å²) in [7, 11) is 0. The second-order valence-corrected chi connectivity index (χ2v) is 8.35. The number of carbonyl (C=O) groups is 4. The average Bonchev–Trinajstić information content (AvgIpc) is 3.33. The van der Waals surface area contributed by atoms with Crippen LogP contribution in [-0.4, -0.2) is 46.1 Å². The largest absolute Gasteiger partial charge is 0.334 e. The molecule has 2 aliphatic carbocycles. The average molecular weight is 383 g/mol. The molecule has 1 aliphatic heterocycles. The Morgan fingerprint density at radius 3 is 2.61 bits per heavy atom. The lowest BCUT2D eigenvalue weighted by molar-refractivity contribution is -0.144. The standard InChI is InChI=1S/C21H25N3O4/c1-12-4-3-5-16(8-12)22-18(25)11-23-19(26)20(27)24(21(23)28)13(2)17-10-14-6-7-15(17)9-14/h3-5,8,13-15,17H,6-7,9-11H2,1-2H3,(H,22,25). The number of nitrogens with one attached hydrogen (secondary N) is 1. The van der Waals surface area contributed by atoms with Gasteiger partial charge in [0.1, 0.15) is 6.54 Å². The van der Waals surface area contributed by atoms with Crippen molar-refractivity contribution in [3.8, 4) is 0 Å². The minimum atomic E-state index is -0.917. The van der Waals surface area contributed by atoms with Crippen LogP contribution < -0.4 is 5.32 Å². The smallest absolute Gasteiger partial charge is 0.325 e. The lowest BCUT2D eigenvalue weighted by atomic mass is 9.83. The lowest BCUT2D eigenvalue weighted by Gasteiger charge is -2.32. The van der Waals surface area contributed by atoms with Crippen molar-refractivity contribution in [1.82, 2.24) is 9.80 Å². The highest BCUT2D eigenvalue weighted by Crippen LogP contribution is 2.50. The minimum absolute atomic E-state index is 0.250. The van der Waals surface area contributed by atoms with E-state index >= 15 is 0 Å². The highest BCUT2D eigenvalue weighted by Gasteiger charge is 2.52. The summed E-state index contributed by atoms with van der Waals surface area (Å²) in [4.78, 5) is 51.8. The molecule has 0 aromatic heterocycles. The van der Waals surface area contributed by atoms with Crippen LogP contribution >= 0.6 is 0 Å². The van der Waals surface area contributed by atoms with Gasteiger partial charge < -0.3 is 5.32 Å². The van der Waals surface area contributed by atoms with Crippen LogP contribution in [0.15, 0.2) is 24.3 Å². The molecular formula is C21H25N3O4. The first kappa shape index (κ1) is 18.7. The Bertz CT molecular complexity index is 852. The van der Waals surface area contributed by atoms with Crippen molar-refractivity contribution in [3.63, 3.8) is 0 Å². The van der Waals surface area contributed by atoms with Crippen molar-refractivity contribution in [1.29, 1.82) is 0 Å². The normalized spacial score (nSPS) is 27.6. The molecule has 1 N–H and O–H groups in total. The predicted molar refractivity (Wildman–Crippen MR) is 102 cm³/mol. The summed E-state index contributed by atoms with van der Waals surface area (Å²) in [5, 5.41) is 2.67. The molecule has 1 heterocycles. The Hall–Kier alpha value is -2.70. The summed E-state index contributed by atoms with van der Waals surface area (Å²) >= 11 is 0. The number of hydrogen-bond acceptors (Lipinski definition) is 4. The molecule has 5 amide bonds. The van der Waals surface area contributed by atoms with Gasteiger partial charge in [-0.05, 0) is 68.6 Å². The van der Waals surface area contributed by atoms with Crippen molar-refractivity contribution in [2.24, 2.45) is 17.8 Å². The fraction of sp³-hybridized carbons (Fsp3) is 0.524. The molecular weight excluding hydrogens is 358 g/mol. The number of anilines is 1. The van der Waals surface area contributed by atoms with E-state index in [-0.39, 0.29) is 12.0 Å². The number of nitrogens with zero attached hydrogens (tertiary/aromatic N) is 2. The van der Waals surface area contributed by atoms with Gasteiger partial charge in [-0.15, -0.1) is 0 Å². The number of carbonyl (C=O) groups excluding carboxylic acids is 4. The van der Waals surface area contributed by atoms with Crippen molar-refractivity contribution in [2.45, 2.75) is 45.6 Å². The Kier molecular flexibility index (Phi) is 4.69. The highest BCUT2D eigenvalue weighted by atomic mass is 16.2. The van der Waals surface area contributed by atoms with Gasteiger partial charge in [-0.1, -0.05) is 18.6 Å². The first-order chi connectivity index (χ1) is 13.3. The number of imide groups is 2. The third-order valence-electron chi connectivity index (χ3n) is 6.51. The van der Waals surface area contributed by atoms with E-state index in [1.807, 2.05) is 19.9 Å². The second kappa shape index (κ2) is 7.04. The van der Waals surface area contributed by atoms with Gasteiger partial charge in [0.2, 0.25) is 5.91 Å². The molecule has 3 fully saturated rings. The summed E-state index contributed by atoms with van der Waals surface area (Å²) in [5.41, 5.74) is 1.56. The van der Waals surface area contributed by atoms with Crippen molar-refractivity contribution in [3.05, 3.63) is 29.8 Å². The van der Waals surface area contributed by atoms with E-state index in [1.54, 1.807) is 18.2 Å². The maximum absolute atomic E-state index is 12.8. The molecule has 4 atom stereocenters. The molecule has 2 saturated carbocycles. The summed E-state index contributed by atoms with van der Waals surface area (Å²) in [5.74, 6) is -0.787. The third-order valence-corrected chi connectivity index (χ3v) is 6.51. The molecule has 3 aliphatic rings. The minimum Gasteiger partial charge on any atom is -0.325 e. The zero-order valence-electron chi connectivity index (χ0n) is 16.2. The highest BCUT2D eigenvalue weighted by molar-refractivity contribution is 6.45.